The Morgan fingerprint density at radius 3 is 2.68 bits per heavy atom. The Labute approximate surface area is 119 Å². The van der Waals surface area contributed by atoms with E-state index in [1.807, 2.05) is 11.3 Å². The smallest absolute Gasteiger partial charge is 0.0249 e. The van der Waals surface area contributed by atoms with E-state index in [1.54, 1.807) is 4.88 Å². The largest absolute Gasteiger partial charge is 0.294 e. The molecule has 1 aromatic carbocycles. The summed E-state index contributed by atoms with van der Waals surface area (Å²) in [5.74, 6) is 0. The van der Waals surface area contributed by atoms with Gasteiger partial charge in [0.2, 0.25) is 0 Å². The van der Waals surface area contributed by atoms with Gasteiger partial charge in [0.05, 0.1) is 0 Å². The van der Waals surface area contributed by atoms with Gasteiger partial charge in [0.25, 0.3) is 0 Å². The summed E-state index contributed by atoms with van der Waals surface area (Å²) in [7, 11) is 0. The number of thiophene rings is 1. The predicted octanol–water partition coefficient (Wildman–Crippen LogP) is 4.35. The molecule has 2 heteroatoms. The molecule has 100 valence electrons. The minimum atomic E-state index is 0.279. The average molecular weight is 271 g/mol. The van der Waals surface area contributed by atoms with E-state index in [2.05, 4.69) is 62.1 Å². The zero-order chi connectivity index (χ0) is 13.5. The van der Waals surface area contributed by atoms with Crippen molar-refractivity contribution in [2.24, 2.45) is 0 Å². The van der Waals surface area contributed by atoms with Crippen LogP contribution in [0.3, 0.4) is 0 Å². The second-order valence-electron chi connectivity index (χ2n) is 6.23. The number of benzene rings is 1. The maximum Gasteiger partial charge on any atom is 0.0249 e. The van der Waals surface area contributed by atoms with Crippen LogP contribution in [-0.2, 0) is 18.5 Å². The summed E-state index contributed by atoms with van der Waals surface area (Å²) in [6, 6.07) is 13.2. The Bertz CT molecular complexity index is 568. The summed E-state index contributed by atoms with van der Waals surface area (Å²) in [5.41, 5.74) is 3.23. The zero-order valence-corrected chi connectivity index (χ0v) is 12.8. The molecule has 2 aromatic rings. The lowest BCUT2D eigenvalue weighted by molar-refractivity contribution is 0.189. The Kier molecular flexibility index (Phi) is 3.23. The van der Waals surface area contributed by atoms with Gasteiger partial charge in [-0.3, -0.25) is 4.90 Å². The standard InChI is InChI=1S/C17H21NS/c1-13-9-15-11-18(10-14-7-5-4-6-8-14)12-17(2,3)16(15)19-13/h4-9H,10-12H2,1-3H3. The molecule has 0 saturated heterocycles. The Hall–Kier alpha value is -1.12. The Morgan fingerprint density at radius 2 is 1.95 bits per heavy atom. The van der Waals surface area contributed by atoms with Gasteiger partial charge in [0, 0.05) is 34.8 Å². The summed E-state index contributed by atoms with van der Waals surface area (Å²) in [4.78, 5) is 5.61. The van der Waals surface area contributed by atoms with Crippen LogP contribution in [0, 0.1) is 6.92 Å². The number of nitrogens with zero attached hydrogens (tertiary/aromatic N) is 1. The zero-order valence-electron chi connectivity index (χ0n) is 11.9. The molecule has 0 saturated carbocycles. The molecule has 1 aliphatic rings. The van der Waals surface area contributed by atoms with Crippen LogP contribution in [0.1, 0.15) is 34.7 Å². The molecule has 1 aliphatic heterocycles. The molecular formula is C17H21NS. The first-order chi connectivity index (χ1) is 9.04. The van der Waals surface area contributed by atoms with Gasteiger partial charge in [-0.1, -0.05) is 44.2 Å². The van der Waals surface area contributed by atoms with Crippen LogP contribution in [0.4, 0.5) is 0 Å². The molecule has 2 heterocycles. The van der Waals surface area contributed by atoms with E-state index < -0.39 is 0 Å². The van der Waals surface area contributed by atoms with E-state index in [9.17, 15) is 0 Å². The van der Waals surface area contributed by atoms with Gasteiger partial charge < -0.3 is 0 Å². The van der Waals surface area contributed by atoms with Gasteiger partial charge in [-0.2, -0.15) is 0 Å². The Balaban J connectivity index is 1.84. The minimum Gasteiger partial charge on any atom is -0.294 e. The lowest BCUT2D eigenvalue weighted by Crippen LogP contribution is -2.40. The van der Waals surface area contributed by atoms with E-state index in [0.29, 0.717) is 0 Å². The van der Waals surface area contributed by atoms with Crippen molar-refractivity contribution >= 4 is 11.3 Å². The Morgan fingerprint density at radius 1 is 1.21 bits per heavy atom. The van der Waals surface area contributed by atoms with Crippen molar-refractivity contribution in [1.82, 2.24) is 4.90 Å². The lowest BCUT2D eigenvalue weighted by Gasteiger charge is -2.38. The molecule has 3 rings (SSSR count). The average Bonchev–Trinajstić information content (AvgIpc) is 2.71. The second-order valence-corrected chi connectivity index (χ2v) is 7.48. The van der Waals surface area contributed by atoms with E-state index in [4.69, 9.17) is 0 Å². The summed E-state index contributed by atoms with van der Waals surface area (Å²) in [6.07, 6.45) is 0. The monoisotopic (exact) mass is 271 g/mol. The van der Waals surface area contributed by atoms with Crippen LogP contribution in [0.5, 0.6) is 0 Å². The number of rotatable bonds is 2. The first-order valence-corrected chi connectivity index (χ1v) is 7.72. The van der Waals surface area contributed by atoms with Crippen LogP contribution in [-0.4, -0.2) is 11.4 Å². The molecule has 0 bridgehead atoms. The molecule has 0 aliphatic carbocycles. The van der Waals surface area contributed by atoms with Crippen molar-refractivity contribution in [3.8, 4) is 0 Å². The summed E-state index contributed by atoms with van der Waals surface area (Å²) in [6.45, 7) is 10.3. The SMILES string of the molecule is Cc1cc2c(s1)C(C)(C)CN(Cc1ccccc1)C2. The van der Waals surface area contributed by atoms with Gasteiger partial charge in [-0.05, 0) is 24.1 Å². The van der Waals surface area contributed by atoms with Gasteiger partial charge in [0.15, 0.2) is 0 Å². The van der Waals surface area contributed by atoms with Crippen LogP contribution < -0.4 is 0 Å². The van der Waals surface area contributed by atoms with Crippen molar-refractivity contribution < 1.29 is 0 Å². The molecule has 1 aromatic heterocycles. The molecule has 0 fully saturated rings. The maximum atomic E-state index is 2.57. The van der Waals surface area contributed by atoms with Crippen molar-refractivity contribution in [2.75, 3.05) is 6.54 Å². The number of aryl methyl sites for hydroxylation is 1. The molecule has 0 atom stereocenters. The van der Waals surface area contributed by atoms with Crippen LogP contribution in [0.15, 0.2) is 36.4 Å². The lowest BCUT2D eigenvalue weighted by atomic mass is 9.85. The van der Waals surface area contributed by atoms with Crippen LogP contribution in [0.25, 0.3) is 0 Å². The molecule has 0 spiro atoms. The second kappa shape index (κ2) is 4.77. The van der Waals surface area contributed by atoms with Crippen LogP contribution >= 0.6 is 11.3 Å². The summed E-state index contributed by atoms with van der Waals surface area (Å²) >= 11 is 1.98. The van der Waals surface area contributed by atoms with Crippen molar-refractivity contribution in [3.05, 3.63) is 57.3 Å². The first-order valence-electron chi connectivity index (χ1n) is 6.91. The van der Waals surface area contributed by atoms with Gasteiger partial charge in [-0.25, -0.2) is 0 Å². The quantitative estimate of drug-likeness (QED) is 0.785. The third-order valence-corrected chi connectivity index (χ3v) is 5.27. The molecular weight excluding hydrogens is 250 g/mol. The van der Waals surface area contributed by atoms with E-state index in [0.717, 1.165) is 19.6 Å². The normalized spacial score (nSPS) is 18.3. The number of hydrogen-bond donors (Lipinski definition) is 0. The minimum absolute atomic E-state index is 0.279. The summed E-state index contributed by atoms with van der Waals surface area (Å²) < 4.78 is 0. The fourth-order valence-corrected chi connectivity index (χ4v) is 4.26. The third-order valence-electron chi connectivity index (χ3n) is 3.81. The predicted molar refractivity (Wildman–Crippen MR) is 82.6 cm³/mol. The molecule has 1 nitrogen and oxygen atoms in total. The fourth-order valence-electron chi connectivity index (χ4n) is 3.14. The molecule has 0 amide bonds. The van der Waals surface area contributed by atoms with Crippen molar-refractivity contribution in [1.29, 1.82) is 0 Å². The highest BCUT2D eigenvalue weighted by Crippen LogP contribution is 2.39. The van der Waals surface area contributed by atoms with E-state index in [-0.39, 0.29) is 5.41 Å². The van der Waals surface area contributed by atoms with Crippen LogP contribution in [0.2, 0.25) is 0 Å². The van der Waals surface area contributed by atoms with Gasteiger partial charge in [-0.15, -0.1) is 11.3 Å². The maximum absolute atomic E-state index is 2.57. The highest BCUT2D eigenvalue weighted by molar-refractivity contribution is 7.12. The number of hydrogen-bond acceptors (Lipinski definition) is 2. The topological polar surface area (TPSA) is 3.24 Å². The summed E-state index contributed by atoms with van der Waals surface area (Å²) in [5, 5.41) is 0. The van der Waals surface area contributed by atoms with E-state index >= 15 is 0 Å². The first kappa shape index (κ1) is 12.9. The highest BCUT2D eigenvalue weighted by atomic mass is 32.1. The van der Waals surface area contributed by atoms with Crippen molar-refractivity contribution in [2.45, 2.75) is 39.3 Å². The van der Waals surface area contributed by atoms with Gasteiger partial charge in [0.1, 0.15) is 0 Å². The number of fused-ring (bicyclic) bond motifs is 1. The molecule has 0 N–H and O–H groups in total. The van der Waals surface area contributed by atoms with Gasteiger partial charge >= 0.3 is 0 Å². The fraction of sp³-hybridized carbons (Fsp3) is 0.412. The third kappa shape index (κ3) is 2.60. The van der Waals surface area contributed by atoms with E-state index in [1.165, 1.54) is 16.0 Å². The highest BCUT2D eigenvalue weighted by Gasteiger charge is 2.33. The molecule has 19 heavy (non-hydrogen) atoms. The molecule has 0 radical (unpaired) electrons. The van der Waals surface area contributed by atoms with Crippen molar-refractivity contribution in [3.63, 3.8) is 0 Å². The molecule has 0 unspecified atom stereocenters.